The number of nitrogens with one attached hydrogen (secondary N) is 1. The second-order valence-corrected chi connectivity index (χ2v) is 7.68. The number of aliphatic imine (C=N–C) groups is 1. The van der Waals surface area contributed by atoms with E-state index in [1.165, 1.54) is 0 Å². The number of guanidine groups is 1. The first kappa shape index (κ1) is 23.0. The number of fused-ring (bicyclic) bond motifs is 1. The molecule has 3 N–H and O–H groups in total. The van der Waals surface area contributed by atoms with Crippen molar-refractivity contribution in [1.82, 2.24) is 10.2 Å². The zero-order chi connectivity index (χ0) is 19.1. The average Bonchev–Trinajstić information content (AvgIpc) is 2.70. The van der Waals surface area contributed by atoms with Crippen LogP contribution in [-0.4, -0.2) is 70.0 Å². The highest BCUT2D eigenvalue weighted by Gasteiger charge is 2.23. The summed E-state index contributed by atoms with van der Waals surface area (Å²) in [5.74, 6) is 2.12. The van der Waals surface area contributed by atoms with Crippen LogP contribution in [0.1, 0.15) is 25.8 Å². The van der Waals surface area contributed by atoms with E-state index < -0.39 is 0 Å². The van der Waals surface area contributed by atoms with Gasteiger partial charge in [-0.2, -0.15) is 0 Å². The van der Waals surface area contributed by atoms with Crippen molar-refractivity contribution in [3.8, 4) is 11.5 Å². The van der Waals surface area contributed by atoms with Crippen molar-refractivity contribution in [2.45, 2.75) is 25.7 Å². The van der Waals surface area contributed by atoms with E-state index in [0.717, 1.165) is 62.9 Å². The van der Waals surface area contributed by atoms with E-state index in [-0.39, 0.29) is 29.4 Å². The molecule has 2 aliphatic rings. The van der Waals surface area contributed by atoms with E-state index in [0.29, 0.717) is 25.7 Å². The van der Waals surface area contributed by atoms with E-state index in [4.69, 9.17) is 19.9 Å². The number of ether oxygens (including phenoxy) is 3. The van der Waals surface area contributed by atoms with E-state index in [1.54, 1.807) is 0 Å². The Morgan fingerprint density at radius 1 is 1.14 bits per heavy atom. The molecule has 0 saturated carbocycles. The smallest absolute Gasteiger partial charge is 0.188 e. The van der Waals surface area contributed by atoms with Crippen LogP contribution in [0.2, 0.25) is 0 Å². The molecule has 7 nitrogen and oxygen atoms in total. The van der Waals surface area contributed by atoms with Crippen LogP contribution < -0.4 is 20.5 Å². The van der Waals surface area contributed by atoms with Crippen LogP contribution >= 0.6 is 24.0 Å². The minimum absolute atomic E-state index is 0. The summed E-state index contributed by atoms with van der Waals surface area (Å²) in [4.78, 5) is 6.97. The number of halogens is 1. The Balaban J connectivity index is 0.00000280. The van der Waals surface area contributed by atoms with Crippen molar-refractivity contribution in [3.63, 3.8) is 0 Å². The lowest BCUT2D eigenvalue weighted by Gasteiger charge is -2.27. The first-order chi connectivity index (χ1) is 13.0. The van der Waals surface area contributed by atoms with Crippen LogP contribution in [0, 0.1) is 0 Å². The predicted octanol–water partition coefficient (Wildman–Crippen LogP) is 1.98. The van der Waals surface area contributed by atoms with E-state index in [2.05, 4.69) is 41.2 Å². The molecule has 0 radical (unpaired) electrons. The van der Waals surface area contributed by atoms with Gasteiger partial charge >= 0.3 is 0 Å². The van der Waals surface area contributed by atoms with Gasteiger partial charge in [-0.25, -0.2) is 0 Å². The van der Waals surface area contributed by atoms with Gasteiger partial charge in [0.25, 0.3) is 0 Å². The van der Waals surface area contributed by atoms with Crippen molar-refractivity contribution in [3.05, 3.63) is 23.8 Å². The number of morpholine rings is 1. The Hall–Kier alpha value is -1.26. The topological polar surface area (TPSA) is 81.3 Å². The Bertz CT molecular complexity index is 648. The summed E-state index contributed by atoms with van der Waals surface area (Å²) in [5.41, 5.74) is 7.07. The fraction of sp³-hybridized carbons (Fsp3) is 0.650. The van der Waals surface area contributed by atoms with Crippen molar-refractivity contribution in [2.24, 2.45) is 10.7 Å². The van der Waals surface area contributed by atoms with Crippen LogP contribution in [0.25, 0.3) is 0 Å². The minimum atomic E-state index is -0.143. The zero-order valence-electron chi connectivity index (χ0n) is 16.9. The first-order valence-corrected chi connectivity index (χ1v) is 9.79. The van der Waals surface area contributed by atoms with Gasteiger partial charge in [0.15, 0.2) is 17.5 Å². The van der Waals surface area contributed by atoms with E-state index >= 15 is 0 Å². The maximum Gasteiger partial charge on any atom is 0.188 e. The number of hydrogen-bond acceptors (Lipinski definition) is 5. The van der Waals surface area contributed by atoms with Gasteiger partial charge in [-0.15, -0.1) is 24.0 Å². The molecule has 0 aromatic heterocycles. The summed E-state index contributed by atoms with van der Waals surface area (Å²) >= 11 is 0. The number of benzene rings is 1. The molecule has 1 aromatic carbocycles. The molecule has 1 aromatic rings. The molecule has 0 aliphatic carbocycles. The van der Waals surface area contributed by atoms with Crippen molar-refractivity contribution in [2.75, 3.05) is 59.2 Å². The molecule has 1 saturated heterocycles. The highest BCUT2D eigenvalue weighted by Crippen LogP contribution is 2.35. The Morgan fingerprint density at radius 2 is 1.86 bits per heavy atom. The maximum atomic E-state index is 6.05. The number of hydrogen-bond donors (Lipinski definition) is 2. The summed E-state index contributed by atoms with van der Waals surface area (Å²) in [7, 11) is 0. The average molecular weight is 504 g/mol. The second-order valence-electron chi connectivity index (χ2n) is 7.68. The molecule has 3 rings (SSSR count). The van der Waals surface area contributed by atoms with E-state index in [9.17, 15) is 0 Å². The molecular formula is C20H33IN4O3. The first-order valence-electron chi connectivity index (χ1n) is 9.79. The maximum absolute atomic E-state index is 6.05. The molecule has 8 heteroatoms. The standard InChI is InChI=1S/C20H32N4O3.HI/c1-20(2,16-4-5-17-18(14-16)27-13-12-26-17)15-23-19(21)22-6-3-7-24-8-10-25-11-9-24;/h4-5,14H,3,6-13,15H2,1-2H3,(H3,21,22,23);1H. The van der Waals surface area contributed by atoms with Gasteiger partial charge in [-0.1, -0.05) is 19.9 Å². The lowest BCUT2D eigenvalue weighted by atomic mass is 9.84. The second kappa shape index (κ2) is 11.1. The Morgan fingerprint density at radius 3 is 2.61 bits per heavy atom. The number of nitrogens with zero attached hydrogens (tertiary/aromatic N) is 2. The van der Waals surface area contributed by atoms with Gasteiger partial charge in [0.1, 0.15) is 13.2 Å². The highest BCUT2D eigenvalue weighted by atomic mass is 127. The molecule has 0 atom stereocenters. The largest absolute Gasteiger partial charge is 0.486 e. The fourth-order valence-corrected chi connectivity index (χ4v) is 3.24. The monoisotopic (exact) mass is 504 g/mol. The van der Waals surface area contributed by atoms with Gasteiger partial charge in [-0.05, 0) is 30.7 Å². The Kier molecular flexibility index (Phi) is 9.10. The minimum Gasteiger partial charge on any atom is -0.486 e. The molecule has 1 fully saturated rings. The molecular weight excluding hydrogens is 471 g/mol. The van der Waals surface area contributed by atoms with Gasteiger partial charge in [0, 0.05) is 25.0 Å². The molecule has 0 spiro atoms. The summed E-state index contributed by atoms with van der Waals surface area (Å²) in [6, 6.07) is 6.10. The summed E-state index contributed by atoms with van der Waals surface area (Å²) in [6.07, 6.45) is 1.04. The molecule has 0 bridgehead atoms. The van der Waals surface area contributed by atoms with Crippen molar-refractivity contribution in [1.29, 1.82) is 0 Å². The molecule has 158 valence electrons. The lowest BCUT2D eigenvalue weighted by molar-refractivity contribution is 0.0376. The van der Waals surface area contributed by atoms with Gasteiger partial charge < -0.3 is 25.3 Å². The lowest BCUT2D eigenvalue weighted by Crippen LogP contribution is -2.39. The third kappa shape index (κ3) is 6.66. The van der Waals surface area contributed by atoms with Crippen LogP contribution in [0.5, 0.6) is 11.5 Å². The quantitative estimate of drug-likeness (QED) is 0.256. The zero-order valence-corrected chi connectivity index (χ0v) is 19.2. The van der Waals surface area contributed by atoms with Crippen molar-refractivity contribution >= 4 is 29.9 Å². The third-order valence-electron chi connectivity index (χ3n) is 5.03. The molecule has 2 heterocycles. The van der Waals surface area contributed by atoms with Crippen LogP contribution in [0.3, 0.4) is 0 Å². The van der Waals surface area contributed by atoms with Crippen LogP contribution in [0.4, 0.5) is 0 Å². The van der Waals surface area contributed by atoms with Gasteiger partial charge in [0.05, 0.1) is 19.8 Å². The van der Waals surface area contributed by atoms with Gasteiger partial charge in [0.2, 0.25) is 0 Å². The Labute approximate surface area is 185 Å². The highest BCUT2D eigenvalue weighted by molar-refractivity contribution is 14.0. The van der Waals surface area contributed by atoms with Crippen LogP contribution in [-0.2, 0) is 10.2 Å². The molecule has 28 heavy (non-hydrogen) atoms. The van der Waals surface area contributed by atoms with E-state index in [1.807, 2.05) is 6.07 Å². The summed E-state index contributed by atoms with van der Waals surface area (Å²) < 4.78 is 16.6. The fourth-order valence-electron chi connectivity index (χ4n) is 3.24. The number of rotatable bonds is 7. The SMILES string of the molecule is CC(C)(CN=C(N)NCCCN1CCOCC1)c1ccc2c(c1)OCCO2.I. The molecule has 0 unspecified atom stereocenters. The third-order valence-corrected chi connectivity index (χ3v) is 5.03. The van der Waals surface area contributed by atoms with Crippen LogP contribution in [0.15, 0.2) is 23.2 Å². The predicted molar refractivity (Wildman–Crippen MR) is 122 cm³/mol. The van der Waals surface area contributed by atoms with Crippen molar-refractivity contribution < 1.29 is 14.2 Å². The molecule has 2 aliphatic heterocycles. The molecule has 0 amide bonds. The summed E-state index contributed by atoms with van der Waals surface area (Å²) in [6.45, 7) is 11.7. The number of nitrogens with two attached hydrogens (primary N) is 1. The summed E-state index contributed by atoms with van der Waals surface area (Å²) in [5, 5.41) is 3.22. The van der Waals surface area contributed by atoms with Gasteiger partial charge in [-0.3, -0.25) is 9.89 Å². The normalized spacial score (nSPS) is 17.7.